The number of hydrogen-bond donors (Lipinski definition) is 0. The number of non-ortho nitro benzene ring substituents is 1. The van der Waals surface area contributed by atoms with E-state index < -0.39 is 0 Å². The van der Waals surface area contributed by atoms with Gasteiger partial charge < -0.3 is 0 Å². The molecule has 15 heavy (non-hydrogen) atoms. The van der Waals surface area contributed by atoms with Crippen LogP contribution in [0, 0.1) is 22.0 Å². The molecule has 0 N–H and O–H groups in total. The van der Waals surface area contributed by atoms with Crippen LogP contribution in [0.1, 0.15) is 26.3 Å². The van der Waals surface area contributed by atoms with Gasteiger partial charge in [0.05, 0.1) is 4.92 Å². The molecule has 0 atom stereocenters. The highest BCUT2D eigenvalue weighted by molar-refractivity contribution is 9.10. The van der Waals surface area contributed by atoms with E-state index in [0.717, 1.165) is 10.0 Å². The van der Waals surface area contributed by atoms with Crippen molar-refractivity contribution in [3.63, 3.8) is 0 Å². The zero-order chi connectivity index (χ0) is 11.6. The average Bonchev–Trinajstić information content (AvgIpc) is 2.06. The third kappa shape index (κ3) is 3.63. The van der Waals surface area contributed by atoms with E-state index in [1.165, 1.54) is 6.07 Å². The smallest absolute Gasteiger partial charge is 0.258 e. The molecule has 1 aromatic rings. The third-order valence-corrected chi connectivity index (χ3v) is 2.50. The maximum Gasteiger partial charge on any atom is 0.269 e. The molecule has 0 amide bonds. The number of nitro groups is 1. The van der Waals surface area contributed by atoms with Gasteiger partial charge in [-0.05, 0) is 23.5 Å². The van der Waals surface area contributed by atoms with Gasteiger partial charge in [-0.3, -0.25) is 10.1 Å². The van der Waals surface area contributed by atoms with Gasteiger partial charge in [0, 0.05) is 16.6 Å². The van der Waals surface area contributed by atoms with Gasteiger partial charge in [-0.2, -0.15) is 0 Å². The molecule has 1 aromatic carbocycles. The van der Waals surface area contributed by atoms with Gasteiger partial charge in [0.1, 0.15) is 0 Å². The highest BCUT2D eigenvalue weighted by Crippen LogP contribution is 2.30. The van der Waals surface area contributed by atoms with Crippen molar-refractivity contribution < 1.29 is 4.92 Å². The molecule has 0 aliphatic carbocycles. The predicted octanol–water partition coefficient (Wildman–Crippen LogP) is 3.96. The Hall–Kier alpha value is -0.900. The van der Waals surface area contributed by atoms with Gasteiger partial charge in [0.15, 0.2) is 0 Å². The van der Waals surface area contributed by atoms with Gasteiger partial charge >= 0.3 is 0 Å². The van der Waals surface area contributed by atoms with E-state index >= 15 is 0 Å². The maximum atomic E-state index is 10.6. The van der Waals surface area contributed by atoms with Crippen molar-refractivity contribution in [2.45, 2.75) is 20.8 Å². The van der Waals surface area contributed by atoms with Crippen molar-refractivity contribution in [1.82, 2.24) is 0 Å². The highest BCUT2D eigenvalue weighted by Gasteiger charge is 2.16. The lowest BCUT2D eigenvalue weighted by atomic mass is 9.88. The number of hydrogen-bond acceptors (Lipinski definition) is 2. The molecule has 1 rings (SSSR count). The first-order chi connectivity index (χ1) is 6.79. The summed E-state index contributed by atoms with van der Waals surface area (Å²) in [5.41, 5.74) is 0.975. The molecule has 0 bridgehead atoms. The summed E-state index contributed by atoms with van der Waals surface area (Å²) in [6.45, 7) is 6.16. The van der Waals surface area contributed by atoms with Crippen LogP contribution < -0.4 is 0 Å². The van der Waals surface area contributed by atoms with E-state index in [0.29, 0.717) is 0 Å². The van der Waals surface area contributed by atoms with Crippen molar-refractivity contribution in [1.29, 1.82) is 0 Å². The number of benzene rings is 1. The molecule has 0 saturated heterocycles. The summed E-state index contributed by atoms with van der Waals surface area (Å²) in [5, 5.41) is 10.6. The Morgan fingerprint density at radius 1 is 1.40 bits per heavy atom. The summed E-state index contributed by atoms with van der Waals surface area (Å²) >= 11 is 3.38. The molecule has 0 saturated carbocycles. The first-order valence-corrected chi connectivity index (χ1v) is 5.39. The van der Waals surface area contributed by atoms with Gasteiger partial charge in [-0.15, -0.1) is 0 Å². The Labute approximate surface area is 97.8 Å². The molecular weight excluding hydrogens is 258 g/mol. The van der Waals surface area contributed by atoms with Crippen molar-refractivity contribution >= 4 is 21.6 Å². The summed E-state index contributed by atoms with van der Waals surface area (Å²) in [7, 11) is 0. The van der Waals surface area contributed by atoms with E-state index in [2.05, 4.69) is 36.7 Å². The Bertz CT molecular complexity index is 383. The zero-order valence-corrected chi connectivity index (χ0v) is 10.5. The summed E-state index contributed by atoms with van der Waals surface area (Å²) in [4.78, 5) is 10.2. The van der Waals surface area contributed by atoms with Crippen LogP contribution in [0.5, 0.6) is 0 Å². The molecule has 0 spiro atoms. The largest absolute Gasteiger partial charge is 0.269 e. The summed E-state index contributed by atoms with van der Waals surface area (Å²) in [6.07, 6.45) is 2.00. The van der Waals surface area contributed by atoms with E-state index in [1.807, 2.05) is 6.42 Å². The molecule has 0 heterocycles. The van der Waals surface area contributed by atoms with Gasteiger partial charge in [-0.1, -0.05) is 36.7 Å². The van der Waals surface area contributed by atoms with Crippen LogP contribution in [0.2, 0.25) is 0 Å². The molecule has 3 nitrogen and oxygen atoms in total. The minimum atomic E-state index is -0.383. The maximum absolute atomic E-state index is 10.6. The minimum Gasteiger partial charge on any atom is -0.258 e. The topological polar surface area (TPSA) is 43.1 Å². The van der Waals surface area contributed by atoms with E-state index in [1.54, 1.807) is 12.1 Å². The van der Waals surface area contributed by atoms with E-state index in [9.17, 15) is 10.1 Å². The monoisotopic (exact) mass is 270 g/mol. The number of nitrogens with zero attached hydrogens (tertiary/aromatic N) is 1. The second kappa shape index (κ2) is 4.31. The van der Waals surface area contributed by atoms with E-state index in [-0.39, 0.29) is 16.0 Å². The average molecular weight is 271 g/mol. The van der Waals surface area contributed by atoms with Crippen molar-refractivity contribution in [2.75, 3.05) is 0 Å². The summed E-state index contributed by atoms with van der Waals surface area (Å²) in [5.74, 6) is 0. The van der Waals surface area contributed by atoms with Crippen LogP contribution in [-0.4, -0.2) is 4.92 Å². The summed E-state index contributed by atoms with van der Waals surface area (Å²) < 4.78 is 0.878. The Morgan fingerprint density at radius 2 is 2.00 bits per heavy atom. The third-order valence-electron chi connectivity index (χ3n) is 1.78. The lowest BCUT2D eigenvalue weighted by molar-refractivity contribution is -0.384. The van der Waals surface area contributed by atoms with Crippen molar-refractivity contribution in [3.05, 3.63) is 44.8 Å². The van der Waals surface area contributed by atoms with E-state index in [4.69, 9.17) is 0 Å². The Morgan fingerprint density at radius 3 is 2.47 bits per heavy atom. The number of rotatable bonds is 2. The quantitative estimate of drug-likeness (QED) is 0.603. The fourth-order valence-electron chi connectivity index (χ4n) is 1.22. The fourth-order valence-corrected chi connectivity index (χ4v) is 1.58. The van der Waals surface area contributed by atoms with Crippen molar-refractivity contribution in [2.24, 2.45) is 5.41 Å². The summed E-state index contributed by atoms with van der Waals surface area (Å²) in [6, 6.07) is 4.77. The minimum absolute atomic E-state index is 0.00224. The van der Waals surface area contributed by atoms with Crippen LogP contribution in [0.25, 0.3) is 0 Å². The molecule has 4 heteroatoms. The first-order valence-electron chi connectivity index (χ1n) is 4.59. The van der Waals surface area contributed by atoms with Crippen LogP contribution in [-0.2, 0) is 0 Å². The Kier molecular flexibility index (Phi) is 3.50. The highest BCUT2D eigenvalue weighted by atomic mass is 79.9. The zero-order valence-electron chi connectivity index (χ0n) is 8.95. The van der Waals surface area contributed by atoms with Crippen LogP contribution in [0.4, 0.5) is 5.69 Å². The molecule has 1 radical (unpaired) electrons. The lowest BCUT2D eigenvalue weighted by Crippen LogP contribution is -2.07. The van der Waals surface area contributed by atoms with Crippen LogP contribution in [0.15, 0.2) is 22.7 Å². The molecule has 0 aliphatic rings. The van der Waals surface area contributed by atoms with Crippen LogP contribution in [0.3, 0.4) is 0 Å². The normalized spacial score (nSPS) is 11.5. The van der Waals surface area contributed by atoms with Gasteiger partial charge in [-0.25, -0.2) is 0 Å². The molecule has 81 valence electrons. The second-order valence-corrected chi connectivity index (χ2v) is 5.33. The molecule has 0 aliphatic heterocycles. The van der Waals surface area contributed by atoms with Gasteiger partial charge in [0.2, 0.25) is 0 Å². The predicted molar refractivity (Wildman–Crippen MR) is 63.7 cm³/mol. The lowest BCUT2D eigenvalue weighted by Gasteiger charge is -2.18. The molecule has 0 aromatic heterocycles. The van der Waals surface area contributed by atoms with Crippen LogP contribution >= 0.6 is 15.9 Å². The Balaban J connectivity index is 3.06. The SMILES string of the molecule is CC(C)(C)[CH]c1cc([N+](=O)[O-])ccc1Br. The fraction of sp³-hybridized carbons (Fsp3) is 0.364. The number of nitro benzene ring substituents is 1. The molecule has 0 unspecified atom stereocenters. The molecular formula is C11H13BrNO2. The number of halogens is 1. The second-order valence-electron chi connectivity index (χ2n) is 4.47. The molecule has 0 fully saturated rings. The standard InChI is InChI=1S/C11H13BrNO2/c1-11(2,3)7-8-6-9(13(14)15)4-5-10(8)12/h4-7H,1-3H3. The van der Waals surface area contributed by atoms with Gasteiger partial charge in [0.25, 0.3) is 5.69 Å². The van der Waals surface area contributed by atoms with Crippen molar-refractivity contribution in [3.8, 4) is 0 Å². The first kappa shape index (κ1) is 12.2.